The Morgan fingerprint density at radius 2 is 1.85 bits per heavy atom. The topological polar surface area (TPSA) is 40.2 Å². The molecule has 5 aliphatic carbocycles. The van der Waals surface area contributed by atoms with E-state index in [0.29, 0.717) is 31.1 Å². The lowest BCUT2D eigenvalue weighted by atomic mass is 9.30. The van der Waals surface area contributed by atoms with Crippen LogP contribution in [0.4, 0.5) is 0 Å². The van der Waals surface area contributed by atoms with Crippen LogP contribution in [0.15, 0.2) is 42.5 Å². The van der Waals surface area contributed by atoms with Crippen LogP contribution in [0.3, 0.4) is 0 Å². The Balaban J connectivity index is 1.30. The van der Waals surface area contributed by atoms with E-state index in [1.54, 1.807) is 7.11 Å². The second kappa shape index (κ2) is 8.96. The Morgan fingerprint density at radius 3 is 2.58 bits per heavy atom. The van der Waals surface area contributed by atoms with Crippen molar-refractivity contribution >= 4 is 0 Å². The maximum absolute atomic E-state index is 7.29. The molecule has 0 aromatic heterocycles. The number of likely N-dealkylation sites (tertiary alicyclic amines) is 1. The van der Waals surface area contributed by atoms with Crippen molar-refractivity contribution < 1.29 is 18.9 Å². The number of hydrogen-bond acceptors (Lipinski definition) is 5. The third-order valence-electron chi connectivity index (χ3n) is 12.6. The highest BCUT2D eigenvalue weighted by molar-refractivity contribution is 5.64. The Kier molecular flexibility index (Phi) is 5.74. The zero-order chi connectivity index (χ0) is 27.3. The van der Waals surface area contributed by atoms with E-state index < -0.39 is 0 Å². The van der Waals surface area contributed by atoms with Gasteiger partial charge in [-0.2, -0.15) is 0 Å². The maximum atomic E-state index is 7.29. The van der Waals surface area contributed by atoms with Crippen LogP contribution in [0.2, 0.25) is 0 Å². The molecule has 5 fully saturated rings. The molecule has 0 N–H and O–H groups in total. The monoisotopic (exact) mass is 543 g/mol. The number of hydrogen-bond donors (Lipinski definition) is 0. The van der Waals surface area contributed by atoms with E-state index in [2.05, 4.69) is 61.2 Å². The molecule has 9 rings (SSSR count). The molecule has 2 heterocycles. The smallest absolute Gasteiger partial charge is 0.165 e. The van der Waals surface area contributed by atoms with Gasteiger partial charge in [-0.05, 0) is 67.1 Å². The lowest BCUT2D eigenvalue weighted by Crippen LogP contribution is -2.86. The average molecular weight is 544 g/mol. The van der Waals surface area contributed by atoms with Crippen molar-refractivity contribution in [3.8, 4) is 11.5 Å². The number of rotatable bonds is 9. The maximum Gasteiger partial charge on any atom is 0.165 e. The van der Waals surface area contributed by atoms with Crippen molar-refractivity contribution in [3.63, 3.8) is 0 Å². The van der Waals surface area contributed by atoms with Crippen LogP contribution in [0.1, 0.15) is 62.6 Å². The van der Waals surface area contributed by atoms with Gasteiger partial charge >= 0.3 is 0 Å². The van der Waals surface area contributed by atoms with E-state index in [-0.39, 0.29) is 28.5 Å². The Hall–Kier alpha value is -2.08. The number of benzene rings is 2. The number of methoxy groups -OCH3 is 2. The summed E-state index contributed by atoms with van der Waals surface area (Å²) in [5.74, 6) is 4.07. The number of fused-ring (bicyclic) bond motifs is 2. The summed E-state index contributed by atoms with van der Waals surface area (Å²) in [7, 11) is 3.74. The van der Waals surface area contributed by atoms with Gasteiger partial charge in [0.05, 0.1) is 25.7 Å². The van der Waals surface area contributed by atoms with Crippen molar-refractivity contribution in [2.24, 2.45) is 29.1 Å². The largest absolute Gasteiger partial charge is 0.493 e. The highest BCUT2D eigenvalue weighted by Gasteiger charge is 2.84. The summed E-state index contributed by atoms with van der Waals surface area (Å²) in [4.78, 5) is 2.95. The normalized spacial score (nSPS) is 40.5. The zero-order valence-corrected chi connectivity index (χ0v) is 24.7. The van der Waals surface area contributed by atoms with Crippen LogP contribution in [0.25, 0.3) is 0 Å². The van der Waals surface area contributed by atoms with Crippen molar-refractivity contribution in [1.82, 2.24) is 4.90 Å². The Bertz CT molecular complexity index is 1290. The molecular weight excluding hydrogens is 498 g/mol. The lowest BCUT2D eigenvalue weighted by molar-refractivity contribution is -0.322. The third kappa shape index (κ3) is 3.00. The summed E-state index contributed by atoms with van der Waals surface area (Å²) >= 11 is 0. The minimum atomic E-state index is -0.380. The second-order valence-electron chi connectivity index (χ2n) is 13.8. The molecule has 0 radical (unpaired) electrons. The highest BCUT2D eigenvalue weighted by atomic mass is 16.6. The predicted molar refractivity (Wildman–Crippen MR) is 155 cm³/mol. The molecule has 5 nitrogen and oxygen atoms in total. The SMILES string of the molecule is CCC1C(COCc2ccccc2)C2(OC)CCC13C1Cc4ccc(OC)c5c4C3(C(C)CN1CC1CC1)C2O5. The van der Waals surface area contributed by atoms with Gasteiger partial charge in [0.25, 0.3) is 0 Å². The first kappa shape index (κ1) is 25.6. The summed E-state index contributed by atoms with van der Waals surface area (Å²) in [5, 5.41) is 0. The molecule has 5 heteroatoms. The van der Waals surface area contributed by atoms with E-state index in [1.165, 1.54) is 42.5 Å². The van der Waals surface area contributed by atoms with Crippen LogP contribution in [-0.2, 0) is 27.9 Å². The van der Waals surface area contributed by atoms with Gasteiger partial charge in [-0.3, -0.25) is 4.90 Å². The fraction of sp³-hybridized carbons (Fsp3) is 0.657. The van der Waals surface area contributed by atoms with Crippen molar-refractivity contribution in [2.45, 2.75) is 82.1 Å². The molecule has 214 valence electrons. The molecule has 4 bridgehead atoms. The van der Waals surface area contributed by atoms with E-state index in [1.807, 2.05) is 7.11 Å². The van der Waals surface area contributed by atoms with Gasteiger partial charge in [0.1, 0.15) is 11.7 Å². The fourth-order valence-corrected chi connectivity index (χ4v) is 11.2. The first-order valence-corrected chi connectivity index (χ1v) is 15.8. The quantitative estimate of drug-likeness (QED) is 0.387. The first-order valence-electron chi connectivity index (χ1n) is 15.8. The van der Waals surface area contributed by atoms with E-state index in [4.69, 9.17) is 18.9 Å². The number of piperidine rings is 1. The Morgan fingerprint density at radius 1 is 1.02 bits per heavy atom. The second-order valence-corrected chi connectivity index (χ2v) is 13.8. The predicted octanol–water partition coefficient (Wildman–Crippen LogP) is 6.02. The standard InChI is InChI=1S/C35H45NO4/c1-5-26-27(21-39-20-24-9-7-6-8-10-24)34(38-4)16-15-33(26)29-17-25-13-14-28(37-3)31-30(25)35(33,32(34)40-31)22(2)18-36(29)19-23-11-12-23/h6-10,13-14,22-23,26-27,29,32H,5,11-12,15-21H2,1-4H3. The summed E-state index contributed by atoms with van der Waals surface area (Å²) in [6.07, 6.45) is 7.31. The van der Waals surface area contributed by atoms with Gasteiger partial charge in [0.2, 0.25) is 0 Å². The van der Waals surface area contributed by atoms with Crippen molar-refractivity contribution in [3.05, 3.63) is 59.2 Å². The summed E-state index contributed by atoms with van der Waals surface area (Å²) in [6, 6.07) is 15.7. The average Bonchev–Trinajstić information content (AvgIpc) is 3.72. The number of nitrogens with zero attached hydrogens (tertiary/aromatic N) is 1. The molecule has 40 heavy (non-hydrogen) atoms. The minimum Gasteiger partial charge on any atom is -0.493 e. The summed E-state index contributed by atoms with van der Waals surface area (Å²) in [5.41, 5.74) is 3.91. The van der Waals surface area contributed by atoms with Crippen LogP contribution in [-0.4, -0.2) is 56.6 Å². The highest BCUT2D eigenvalue weighted by Crippen LogP contribution is 2.79. The first-order chi connectivity index (χ1) is 19.5. The van der Waals surface area contributed by atoms with Crippen LogP contribution in [0.5, 0.6) is 11.5 Å². The van der Waals surface area contributed by atoms with Gasteiger partial charge in [-0.15, -0.1) is 0 Å². The molecule has 2 aromatic rings. The van der Waals surface area contributed by atoms with Gasteiger partial charge in [-0.1, -0.05) is 56.7 Å². The molecule has 7 aliphatic rings. The molecular formula is C35H45NO4. The minimum absolute atomic E-state index is 0.0159. The molecule has 8 atom stereocenters. The van der Waals surface area contributed by atoms with Crippen molar-refractivity contribution in [1.29, 1.82) is 0 Å². The summed E-state index contributed by atoms with van der Waals surface area (Å²) in [6.45, 7) is 8.74. The van der Waals surface area contributed by atoms with E-state index >= 15 is 0 Å². The van der Waals surface area contributed by atoms with Gasteiger partial charge in [0.15, 0.2) is 11.5 Å². The number of ether oxygens (including phenoxy) is 4. The van der Waals surface area contributed by atoms with Gasteiger partial charge < -0.3 is 18.9 Å². The molecule has 2 aromatic carbocycles. The zero-order valence-electron chi connectivity index (χ0n) is 24.7. The fourth-order valence-electron chi connectivity index (χ4n) is 11.2. The molecule has 4 saturated carbocycles. The molecule has 0 amide bonds. The van der Waals surface area contributed by atoms with Crippen LogP contribution < -0.4 is 9.47 Å². The van der Waals surface area contributed by atoms with E-state index in [0.717, 1.165) is 43.2 Å². The van der Waals surface area contributed by atoms with Gasteiger partial charge in [0, 0.05) is 43.1 Å². The molecule has 1 saturated heterocycles. The van der Waals surface area contributed by atoms with Crippen molar-refractivity contribution in [2.75, 3.05) is 33.9 Å². The van der Waals surface area contributed by atoms with Gasteiger partial charge in [-0.25, -0.2) is 0 Å². The molecule has 8 unspecified atom stereocenters. The van der Waals surface area contributed by atoms with Crippen LogP contribution >= 0.6 is 0 Å². The lowest BCUT2D eigenvalue weighted by Gasteiger charge is -2.78. The van der Waals surface area contributed by atoms with E-state index in [9.17, 15) is 0 Å². The molecule has 2 aliphatic heterocycles. The third-order valence-corrected chi connectivity index (χ3v) is 12.6. The summed E-state index contributed by atoms with van der Waals surface area (Å²) < 4.78 is 26.7. The van der Waals surface area contributed by atoms with Crippen LogP contribution in [0, 0.1) is 29.1 Å². The molecule has 2 spiro atoms. The Labute approximate surface area is 239 Å².